The van der Waals surface area contributed by atoms with Crippen LogP contribution in [0.3, 0.4) is 0 Å². The maximum atomic E-state index is 12.5. The number of thiophene rings is 1. The average molecular weight is 412 g/mol. The lowest BCUT2D eigenvalue weighted by Crippen LogP contribution is -2.34. The Morgan fingerprint density at radius 1 is 1.29 bits per heavy atom. The van der Waals surface area contributed by atoms with Crippen molar-refractivity contribution < 1.29 is 9.53 Å². The SMILES string of the molecule is C[C@@H]1CNc2c(sc3ccc4nc(Oc5cnnc(Cl)c5)ccc4c23)C(=O)N1. The Morgan fingerprint density at radius 2 is 2.18 bits per heavy atom. The molecule has 1 aliphatic heterocycles. The summed E-state index contributed by atoms with van der Waals surface area (Å²) in [4.78, 5) is 17.8. The lowest BCUT2D eigenvalue weighted by Gasteiger charge is -2.10. The van der Waals surface area contributed by atoms with E-state index in [1.165, 1.54) is 17.5 Å². The van der Waals surface area contributed by atoms with Crippen molar-refractivity contribution in [3.05, 3.63) is 46.6 Å². The fraction of sp³-hybridized carbons (Fsp3) is 0.158. The summed E-state index contributed by atoms with van der Waals surface area (Å²) < 4.78 is 6.79. The molecule has 0 saturated heterocycles. The largest absolute Gasteiger partial charge is 0.437 e. The van der Waals surface area contributed by atoms with Crippen LogP contribution >= 0.6 is 22.9 Å². The molecule has 0 unspecified atom stereocenters. The second-order valence-corrected chi connectivity index (χ2v) is 7.97. The molecule has 4 aromatic rings. The third-order valence-corrected chi connectivity index (χ3v) is 5.83. The molecule has 0 spiro atoms. The summed E-state index contributed by atoms with van der Waals surface area (Å²) in [6, 6.07) is 9.30. The van der Waals surface area contributed by atoms with E-state index in [2.05, 4.69) is 25.8 Å². The van der Waals surface area contributed by atoms with E-state index in [-0.39, 0.29) is 17.1 Å². The van der Waals surface area contributed by atoms with Crippen molar-refractivity contribution in [2.24, 2.45) is 0 Å². The Balaban J connectivity index is 1.62. The number of fused-ring (bicyclic) bond motifs is 5. The predicted molar refractivity (Wildman–Crippen MR) is 110 cm³/mol. The molecule has 1 atom stereocenters. The zero-order chi connectivity index (χ0) is 19.3. The van der Waals surface area contributed by atoms with Gasteiger partial charge in [0.25, 0.3) is 5.91 Å². The number of amides is 1. The summed E-state index contributed by atoms with van der Waals surface area (Å²) in [7, 11) is 0. The number of nitrogens with one attached hydrogen (secondary N) is 2. The number of anilines is 1. The van der Waals surface area contributed by atoms with Crippen LogP contribution in [0.4, 0.5) is 5.69 Å². The number of halogens is 1. The van der Waals surface area contributed by atoms with Crippen LogP contribution in [0.15, 0.2) is 36.5 Å². The molecule has 1 aromatic carbocycles. The normalized spacial score (nSPS) is 16.4. The molecule has 4 heterocycles. The first-order valence-electron chi connectivity index (χ1n) is 8.65. The highest BCUT2D eigenvalue weighted by Gasteiger charge is 2.24. The van der Waals surface area contributed by atoms with Gasteiger partial charge in [0.2, 0.25) is 5.88 Å². The highest BCUT2D eigenvalue weighted by molar-refractivity contribution is 7.21. The number of aromatic nitrogens is 3. The van der Waals surface area contributed by atoms with Gasteiger partial charge in [-0.1, -0.05) is 11.6 Å². The molecule has 28 heavy (non-hydrogen) atoms. The molecular formula is C19H14ClN5O2S. The molecule has 140 valence electrons. The highest BCUT2D eigenvalue weighted by atomic mass is 35.5. The summed E-state index contributed by atoms with van der Waals surface area (Å²) in [5.74, 6) is 0.845. The first-order chi connectivity index (χ1) is 13.6. The van der Waals surface area contributed by atoms with Crippen LogP contribution in [0, 0.1) is 0 Å². The minimum atomic E-state index is -0.0446. The zero-order valence-electron chi connectivity index (χ0n) is 14.7. The maximum Gasteiger partial charge on any atom is 0.263 e. The van der Waals surface area contributed by atoms with Gasteiger partial charge in [-0.25, -0.2) is 4.98 Å². The van der Waals surface area contributed by atoms with Crippen LogP contribution in [-0.2, 0) is 0 Å². The third kappa shape index (κ3) is 2.90. The Hall–Kier alpha value is -2.97. The van der Waals surface area contributed by atoms with Gasteiger partial charge < -0.3 is 15.4 Å². The highest BCUT2D eigenvalue weighted by Crippen LogP contribution is 2.41. The van der Waals surface area contributed by atoms with Crippen LogP contribution in [0.5, 0.6) is 11.6 Å². The molecule has 7 nitrogen and oxygen atoms in total. The molecule has 5 rings (SSSR count). The molecule has 3 aromatic heterocycles. The number of nitrogens with zero attached hydrogens (tertiary/aromatic N) is 3. The first kappa shape index (κ1) is 17.2. The quantitative estimate of drug-likeness (QED) is 0.513. The summed E-state index contributed by atoms with van der Waals surface area (Å²) in [6.45, 7) is 2.65. The molecule has 1 aliphatic rings. The zero-order valence-corrected chi connectivity index (χ0v) is 16.3. The van der Waals surface area contributed by atoms with E-state index in [4.69, 9.17) is 16.3 Å². The lowest BCUT2D eigenvalue weighted by molar-refractivity contribution is 0.0949. The van der Waals surface area contributed by atoms with Crippen molar-refractivity contribution in [3.63, 3.8) is 0 Å². The Labute approximate surface area is 168 Å². The number of rotatable bonds is 2. The predicted octanol–water partition coefficient (Wildman–Crippen LogP) is 4.23. The Bertz CT molecular complexity index is 1240. The fourth-order valence-corrected chi connectivity index (χ4v) is 4.51. The number of hydrogen-bond donors (Lipinski definition) is 2. The number of pyridine rings is 1. The van der Waals surface area contributed by atoms with Gasteiger partial charge in [0, 0.05) is 40.2 Å². The molecule has 2 N–H and O–H groups in total. The van der Waals surface area contributed by atoms with Gasteiger partial charge in [0.05, 0.1) is 17.4 Å². The molecule has 0 aliphatic carbocycles. The summed E-state index contributed by atoms with van der Waals surface area (Å²) in [5.41, 5.74) is 1.64. The van der Waals surface area contributed by atoms with Gasteiger partial charge in [-0.2, -0.15) is 5.10 Å². The monoisotopic (exact) mass is 411 g/mol. The van der Waals surface area contributed by atoms with Gasteiger partial charge in [-0.3, -0.25) is 4.79 Å². The van der Waals surface area contributed by atoms with Crippen molar-refractivity contribution >= 4 is 55.5 Å². The third-order valence-electron chi connectivity index (χ3n) is 4.49. The number of hydrogen-bond acceptors (Lipinski definition) is 7. The number of carbonyl (C=O) groups is 1. The smallest absolute Gasteiger partial charge is 0.263 e. The van der Waals surface area contributed by atoms with E-state index in [0.29, 0.717) is 23.1 Å². The minimum Gasteiger partial charge on any atom is -0.437 e. The summed E-state index contributed by atoms with van der Waals surface area (Å²) in [5, 5.41) is 16.1. The van der Waals surface area contributed by atoms with E-state index in [1.807, 2.05) is 25.1 Å². The molecule has 0 bridgehead atoms. The van der Waals surface area contributed by atoms with Crippen molar-refractivity contribution in [2.45, 2.75) is 13.0 Å². The summed E-state index contributed by atoms with van der Waals surface area (Å²) >= 11 is 7.33. The lowest BCUT2D eigenvalue weighted by atomic mass is 10.1. The molecule has 0 radical (unpaired) electrons. The molecule has 1 amide bonds. The molecule has 9 heteroatoms. The van der Waals surface area contributed by atoms with Crippen molar-refractivity contribution in [2.75, 3.05) is 11.9 Å². The molecule has 0 fully saturated rings. The average Bonchev–Trinajstić information content (AvgIpc) is 2.99. The van der Waals surface area contributed by atoms with Gasteiger partial charge in [-0.05, 0) is 25.1 Å². The van der Waals surface area contributed by atoms with E-state index in [9.17, 15) is 4.79 Å². The number of benzene rings is 1. The van der Waals surface area contributed by atoms with Gasteiger partial charge >= 0.3 is 0 Å². The van der Waals surface area contributed by atoms with E-state index in [1.54, 1.807) is 12.1 Å². The van der Waals surface area contributed by atoms with Crippen LogP contribution in [0.1, 0.15) is 16.6 Å². The second-order valence-electron chi connectivity index (χ2n) is 6.53. The number of carbonyl (C=O) groups excluding carboxylic acids is 1. The van der Waals surface area contributed by atoms with Gasteiger partial charge in [0.1, 0.15) is 4.88 Å². The first-order valence-corrected chi connectivity index (χ1v) is 9.85. The van der Waals surface area contributed by atoms with Gasteiger partial charge in [0.15, 0.2) is 10.9 Å². The van der Waals surface area contributed by atoms with Crippen LogP contribution in [0.2, 0.25) is 5.15 Å². The second kappa shape index (κ2) is 6.57. The summed E-state index contributed by atoms with van der Waals surface area (Å²) in [6.07, 6.45) is 1.48. The van der Waals surface area contributed by atoms with Crippen LogP contribution < -0.4 is 15.4 Å². The molecule has 0 saturated carbocycles. The number of ether oxygens (including phenoxy) is 1. The van der Waals surface area contributed by atoms with Crippen LogP contribution in [-0.4, -0.2) is 33.7 Å². The standard InChI is InChI=1S/C19H14ClN5O2S/c1-9-7-21-17-16-11-2-5-15(27-10-6-14(20)25-22-8-10)24-12(11)3-4-13(16)28-18(17)19(26)23-9/h2-6,8-9,21H,7H2,1H3,(H,23,26)/t9-/m1/s1. The van der Waals surface area contributed by atoms with E-state index < -0.39 is 0 Å². The van der Waals surface area contributed by atoms with E-state index in [0.717, 1.165) is 26.7 Å². The minimum absolute atomic E-state index is 0.0446. The topological polar surface area (TPSA) is 89.0 Å². The van der Waals surface area contributed by atoms with Crippen molar-refractivity contribution in [1.29, 1.82) is 0 Å². The fourth-order valence-electron chi connectivity index (χ4n) is 3.26. The van der Waals surface area contributed by atoms with Crippen molar-refractivity contribution in [1.82, 2.24) is 20.5 Å². The Kier molecular flexibility index (Phi) is 4.03. The molecular weight excluding hydrogens is 398 g/mol. The van der Waals surface area contributed by atoms with Crippen LogP contribution in [0.25, 0.3) is 21.0 Å². The maximum absolute atomic E-state index is 12.5. The van der Waals surface area contributed by atoms with Crippen molar-refractivity contribution in [3.8, 4) is 11.6 Å². The Morgan fingerprint density at radius 3 is 3.04 bits per heavy atom. The van der Waals surface area contributed by atoms with Gasteiger partial charge in [-0.15, -0.1) is 16.4 Å². The van der Waals surface area contributed by atoms with E-state index >= 15 is 0 Å².